The first kappa shape index (κ1) is 17.0. The Balaban J connectivity index is 2.03. The number of unbranched alkanes of at least 4 members (excludes halogenated alkanes) is 2. The Morgan fingerprint density at radius 3 is 2.43 bits per heavy atom. The van der Waals surface area contributed by atoms with Crippen LogP contribution in [0.3, 0.4) is 0 Å². The number of hydrogen-bond acceptors (Lipinski definition) is 3. The monoisotopic (exact) mass is 296 g/mol. The molecule has 0 aromatic heterocycles. The van der Waals surface area contributed by atoms with Gasteiger partial charge < -0.3 is 10.2 Å². The Labute approximate surface area is 129 Å². The summed E-state index contributed by atoms with van der Waals surface area (Å²) in [7, 11) is 0. The van der Waals surface area contributed by atoms with Crippen LogP contribution in [0.1, 0.15) is 79.1 Å². The first-order chi connectivity index (χ1) is 9.69. The summed E-state index contributed by atoms with van der Waals surface area (Å²) in [6.07, 6.45) is 5.93. The summed E-state index contributed by atoms with van der Waals surface area (Å²) < 4.78 is 0. The van der Waals surface area contributed by atoms with E-state index in [-0.39, 0.29) is 23.0 Å². The summed E-state index contributed by atoms with van der Waals surface area (Å²) >= 11 is 0. The lowest BCUT2D eigenvalue weighted by molar-refractivity contribution is -0.157. The van der Waals surface area contributed by atoms with Crippen LogP contribution < -0.4 is 0 Å². The van der Waals surface area contributed by atoms with Gasteiger partial charge in [-0.2, -0.15) is 0 Å². The molecule has 0 spiro atoms. The molecule has 2 aliphatic rings. The van der Waals surface area contributed by atoms with Crippen molar-refractivity contribution in [1.29, 1.82) is 0 Å². The van der Waals surface area contributed by atoms with E-state index in [4.69, 9.17) is 0 Å². The lowest BCUT2D eigenvalue weighted by Crippen LogP contribution is -2.53. The lowest BCUT2D eigenvalue weighted by atomic mass is 9.62. The zero-order valence-corrected chi connectivity index (χ0v) is 14.1. The average molecular weight is 296 g/mol. The highest BCUT2D eigenvalue weighted by atomic mass is 16.3. The second-order valence-electron chi connectivity index (χ2n) is 8.13. The van der Waals surface area contributed by atoms with E-state index < -0.39 is 11.7 Å². The van der Waals surface area contributed by atoms with Gasteiger partial charge in [0.25, 0.3) is 0 Å². The molecule has 0 aromatic rings. The van der Waals surface area contributed by atoms with Crippen LogP contribution in [0.5, 0.6) is 0 Å². The molecule has 4 atom stereocenters. The fraction of sp³-hybridized carbons (Fsp3) is 0.944. The third-order valence-electron chi connectivity index (χ3n) is 6.91. The number of hydrogen-bond donors (Lipinski definition) is 2. The van der Waals surface area contributed by atoms with Gasteiger partial charge in [0.2, 0.25) is 0 Å². The molecule has 2 saturated carbocycles. The second kappa shape index (κ2) is 5.66. The van der Waals surface area contributed by atoms with Crippen LogP contribution in [0, 0.1) is 16.7 Å². The lowest BCUT2D eigenvalue weighted by Gasteiger charge is -2.44. The number of aliphatic hydroxyl groups is 2. The van der Waals surface area contributed by atoms with E-state index in [9.17, 15) is 15.0 Å². The van der Waals surface area contributed by atoms with E-state index in [1.807, 2.05) is 0 Å². The molecule has 122 valence electrons. The zero-order chi connectivity index (χ0) is 15.9. The SMILES string of the molecule is CCCCC[C@H](O)CC(=O)[C@@]1(O)C[C@H]2CC[C@]1(C)C2(C)C. The van der Waals surface area contributed by atoms with E-state index in [0.29, 0.717) is 18.8 Å². The summed E-state index contributed by atoms with van der Waals surface area (Å²) in [5.41, 5.74) is -1.57. The maximum atomic E-state index is 12.7. The Hall–Kier alpha value is -0.410. The number of rotatable bonds is 7. The van der Waals surface area contributed by atoms with Crippen molar-refractivity contribution < 1.29 is 15.0 Å². The van der Waals surface area contributed by atoms with Crippen molar-refractivity contribution in [2.45, 2.75) is 90.8 Å². The van der Waals surface area contributed by atoms with Crippen molar-refractivity contribution in [3.05, 3.63) is 0 Å². The molecule has 0 unspecified atom stereocenters. The maximum absolute atomic E-state index is 12.7. The van der Waals surface area contributed by atoms with E-state index in [1.54, 1.807) is 0 Å². The number of Topliss-reactive ketones (excluding diaryl/α,β-unsaturated/α-hetero) is 1. The van der Waals surface area contributed by atoms with E-state index in [0.717, 1.165) is 32.1 Å². The summed E-state index contributed by atoms with van der Waals surface area (Å²) in [6, 6.07) is 0. The van der Waals surface area contributed by atoms with E-state index in [1.165, 1.54) is 0 Å². The summed E-state index contributed by atoms with van der Waals surface area (Å²) in [5, 5.41) is 21.2. The standard InChI is InChI=1S/C18H32O3/c1-5-6-7-8-14(19)11-15(20)18(21)12-13-9-10-17(18,4)16(13,2)3/h13-14,19,21H,5-12H2,1-4H3/t13-,14+,17-,18+/m1/s1. The third kappa shape index (κ3) is 2.46. The molecule has 3 nitrogen and oxygen atoms in total. The number of carbonyl (C=O) groups excluding carboxylic acids is 1. The van der Waals surface area contributed by atoms with Gasteiger partial charge in [-0.05, 0) is 37.0 Å². The van der Waals surface area contributed by atoms with E-state index in [2.05, 4.69) is 27.7 Å². The highest BCUT2D eigenvalue weighted by molar-refractivity contribution is 5.89. The molecule has 2 rings (SSSR count). The van der Waals surface area contributed by atoms with Gasteiger partial charge in [0.05, 0.1) is 6.10 Å². The number of ketones is 1. The topological polar surface area (TPSA) is 57.5 Å². The van der Waals surface area contributed by atoms with Crippen molar-refractivity contribution in [1.82, 2.24) is 0 Å². The van der Waals surface area contributed by atoms with Gasteiger partial charge in [-0.15, -0.1) is 0 Å². The molecule has 2 N–H and O–H groups in total. The Morgan fingerprint density at radius 2 is 1.95 bits per heavy atom. The summed E-state index contributed by atoms with van der Waals surface area (Å²) in [6.45, 7) is 8.57. The molecule has 0 aromatic carbocycles. The largest absolute Gasteiger partial charge is 0.393 e. The first-order valence-corrected chi connectivity index (χ1v) is 8.63. The molecule has 0 heterocycles. The van der Waals surface area contributed by atoms with Gasteiger partial charge in [-0.3, -0.25) is 4.79 Å². The van der Waals surface area contributed by atoms with Crippen LogP contribution in [-0.2, 0) is 4.79 Å². The highest BCUT2D eigenvalue weighted by Crippen LogP contribution is 2.69. The highest BCUT2D eigenvalue weighted by Gasteiger charge is 2.70. The van der Waals surface area contributed by atoms with Crippen molar-refractivity contribution in [2.75, 3.05) is 0 Å². The average Bonchev–Trinajstić information content (AvgIpc) is 2.71. The quantitative estimate of drug-likeness (QED) is 0.707. The van der Waals surface area contributed by atoms with Crippen LogP contribution in [0.25, 0.3) is 0 Å². The number of aliphatic hydroxyl groups excluding tert-OH is 1. The minimum atomic E-state index is -1.23. The number of fused-ring (bicyclic) bond motifs is 2. The molecule has 3 heteroatoms. The van der Waals surface area contributed by atoms with Gasteiger partial charge in [0, 0.05) is 11.8 Å². The molecule has 2 fully saturated rings. The van der Waals surface area contributed by atoms with E-state index >= 15 is 0 Å². The van der Waals surface area contributed by atoms with Crippen LogP contribution >= 0.6 is 0 Å². The normalized spacial score (nSPS) is 38.7. The molecule has 0 radical (unpaired) electrons. The molecule has 0 amide bonds. The molecular formula is C18H32O3. The van der Waals surface area contributed by atoms with Gasteiger partial charge in [0.15, 0.2) is 5.78 Å². The van der Waals surface area contributed by atoms with Gasteiger partial charge in [-0.25, -0.2) is 0 Å². The minimum absolute atomic E-state index is 0.00454. The predicted octanol–water partition coefficient (Wildman–Crippen LogP) is 3.46. The molecule has 2 aliphatic carbocycles. The Morgan fingerprint density at radius 1 is 1.29 bits per heavy atom. The molecule has 21 heavy (non-hydrogen) atoms. The van der Waals surface area contributed by atoms with Gasteiger partial charge >= 0.3 is 0 Å². The first-order valence-electron chi connectivity index (χ1n) is 8.63. The molecular weight excluding hydrogens is 264 g/mol. The van der Waals surface area contributed by atoms with Gasteiger partial charge in [0.1, 0.15) is 5.60 Å². The molecule has 0 aliphatic heterocycles. The van der Waals surface area contributed by atoms with Crippen LogP contribution in [0.15, 0.2) is 0 Å². The summed E-state index contributed by atoms with van der Waals surface area (Å²) in [5.74, 6) is 0.290. The predicted molar refractivity (Wildman–Crippen MR) is 84.0 cm³/mol. The maximum Gasteiger partial charge on any atom is 0.167 e. The van der Waals surface area contributed by atoms with Crippen molar-refractivity contribution in [3.8, 4) is 0 Å². The smallest absolute Gasteiger partial charge is 0.167 e. The fourth-order valence-electron chi connectivity index (χ4n) is 4.81. The van der Waals surface area contributed by atoms with Crippen molar-refractivity contribution >= 4 is 5.78 Å². The fourth-order valence-corrected chi connectivity index (χ4v) is 4.81. The third-order valence-corrected chi connectivity index (χ3v) is 6.91. The minimum Gasteiger partial charge on any atom is -0.393 e. The Kier molecular flexibility index (Phi) is 4.57. The number of carbonyl (C=O) groups is 1. The molecule has 0 saturated heterocycles. The van der Waals surface area contributed by atoms with Crippen molar-refractivity contribution in [2.24, 2.45) is 16.7 Å². The van der Waals surface area contributed by atoms with Gasteiger partial charge in [-0.1, -0.05) is 47.0 Å². The Bertz CT molecular complexity index is 403. The molecule has 2 bridgehead atoms. The van der Waals surface area contributed by atoms with Crippen molar-refractivity contribution in [3.63, 3.8) is 0 Å². The van der Waals surface area contributed by atoms with Crippen LogP contribution in [0.2, 0.25) is 0 Å². The second-order valence-corrected chi connectivity index (χ2v) is 8.13. The van der Waals surface area contributed by atoms with Crippen LogP contribution in [0.4, 0.5) is 0 Å². The summed E-state index contributed by atoms with van der Waals surface area (Å²) in [4.78, 5) is 12.7. The van der Waals surface area contributed by atoms with Crippen LogP contribution in [-0.4, -0.2) is 27.7 Å². The zero-order valence-electron chi connectivity index (χ0n) is 14.1.